The summed E-state index contributed by atoms with van der Waals surface area (Å²) in [6, 6.07) is 7.42. The molecule has 0 saturated carbocycles. The zero-order valence-electron chi connectivity index (χ0n) is 7.72. The van der Waals surface area contributed by atoms with Crippen LogP contribution in [0.1, 0.15) is 19.4 Å². The van der Waals surface area contributed by atoms with Crippen LogP contribution in [0.4, 0.5) is 5.69 Å². The lowest BCUT2D eigenvalue weighted by Crippen LogP contribution is -2.05. The molecule has 0 aliphatic rings. The molecule has 66 valence electrons. The van der Waals surface area contributed by atoms with E-state index in [2.05, 4.69) is 17.2 Å². The van der Waals surface area contributed by atoms with E-state index in [4.69, 9.17) is 0 Å². The molecule has 0 aromatic heterocycles. The zero-order chi connectivity index (χ0) is 9.68. The summed E-state index contributed by atoms with van der Waals surface area (Å²) in [5, 5.41) is 2.69. The number of nitrogens with one attached hydrogen (secondary N) is 1. The van der Waals surface area contributed by atoms with Gasteiger partial charge in [0, 0.05) is 18.2 Å². The van der Waals surface area contributed by atoms with Gasteiger partial charge in [-0.05, 0) is 31.2 Å². The number of hydrogen-bond donors (Lipinski definition) is 1. The molecule has 0 bridgehead atoms. The molecule has 2 heteroatoms. The maximum Gasteiger partial charge on any atom is 0.221 e. The topological polar surface area (TPSA) is 29.1 Å². The third-order valence-electron chi connectivity index (χ3n) is 1.47. The second-order valence-electron chi connectivity index (χ2n) is 2.63. The second-order valence-corrected chi connectivity index (χ2v) is 2.63. The van der Waals surface area contributed by atoms with E-state index in [1.807, 2.05) is 24.3 Å². The van der Waals surface area contributed by atoms with Gasteiger partial charge in [-0.15, -0.1) is 5.92 Å². The van der Waals surface area contributed by atoms with Crippen LogP contribution in [-0.2, 0) is 4.79 Å². The van der Waals surface area contributed by atoms with Crippen molar-refractivity contribution < 1.29 is 4.79 Å². The van der Waals surface area contributed by atoms with Crippen molar-refractivity contribution >= 4 is 11.6 Å². The molecule has 0 saturated heterocycles. The Balaban J connectivity index is 2.79. The highest BCUT2D eigenvalue weighted by atomic mass is 16.1. The third kappa shape index (κ3) is 3.00. The van der Waals surface area contributed by atoms with E-state index in [0.29, 0.717) is 0 Å². The molecule has 1 aromatic carbocycles. The van der Waals surface area contributed by atoms with Crippen molar-refractivity contribution in [2.75, 3.05) is 5.32 Å². The summed E-state index contributed by atoms with van der Waals surface area (Å²) >= 11 is 0. The quantitative estimate of drug-likeness (QED) is 0.647. The molecule has 1 amide bonds. The Morgan fingerprint density at radius 2 is 1.92 bits per heavy atom. The largest absolute Gasteiger partial charge is 0.326 e. The van der Waals surface area contributed by atoms with Gasteiger partial charge in [-0.25, -0.2) is 0 Å². The van der Waals surface area contributed by atoms with E-state index >= 15 is 0 Å². The summed E-state index contributed by atoms with van der Waals surface area (Å²) in [5.41, 5.74) is 1.76. The van der Waals surface area contributed by atoms with Crippen molar-refractivity contribution in [3.8, 4) is 11.8 Å². The SMILES string of the molecule is CC#Cc1ccc(NC(C)=O)cc1. The Labute approximate surface area is 78.0 Å². The molecule has 0 heterocycles. The van der Waals surface area contributed by atoms with Crippen molar-refractivity contribution in [1.29, 1.82) is 0 Å². The predicted octanol–water partition coefficient (Wildman–Crippen LogP) is 2.02. The van der Waals surface area contributed by atoms with Gasteiger partial charge in [0.2, 0.25) is 5.91 Å². The first-order chi connectivity index (χ1) is 6.22. The number of hydrogen-bond acceptors (Lipinski definition) is 1. The summed E-state index contributed by atoms with van der Waals surface area (Å²) in [4.78, 5) is 10.7. The maximum atomic E-state index is 10.7. The minimum absolute atomic E-state index is 0.0608. The minimum atomic E-state index is -0.0608. The first-order valence-corrected chi connectivity index (χ1v) is 4.03. The van der Waals surface area contributed by atoms with Gasteiger partial charge in [0.15, 0.2) is 0 Å². The van der Waals surface area contributed by atoms with E-state index < -0.39 is 0 Å². The van der Waals surface area contributed by atoms with Crippen LogP contribution >= 0.6 is 0 Å². The fraction of sp³-hybridized carbons (Fsp3) is 0.182. The van der Waals surface area contributed by atoms with Gasteiger partial charge >= 0.3 is 0 Å². The smallest absolute Gasteiger partial charge is 0.221 e. The third-order valence-corrected chi connectivity index (χ3v) is 1.47. The van der Waals surface area contributed by atoms with E-state index in [9.17, 15) is 4.79 Å². The molecule has 1 N–H and O–H groups in total. The highest BCUT2D eigenvalue weighted by Gasteiger charge is 1.93. The average Bonchev–Trinajstić information content (AvgIpc) is 2.08. The van der Waals surface area contributed by atoms with Gasteiger partial charge in [-0.3, -0.25) is 4.79 Å². The summed E-state index contributed by atoms with van der Waals surface area (Å²) in [7, 11) is 0. The van der Waals surface area contributed by atoms with Crippen molar-refractivity contribution in [3.05, 3.63) is 29.8 Å². The number of carbonyl (C=O) groups is 1. The Kier molecular flexibility index (Phi) is 3.10. The monoisotopic (exact) mass is 173 g/mol. The first-order valence-electron chi connectivity index (χ1n) is 4.03. The van der Waals surface area contributed by atoms with Crippen molar-refractivity contribution in [2.45, 2.75) is 13.8 Å². The first kappa shape index (κ1) is 9.34. The highest BCUT2D eigenvalue weighted by molar-refractivity contribution is 5.88. The normalized spacial score (nSPS) is 8.46. The molecule has 0 aliphatic carbocycles. The Morgan fingerprint density at radius 1 is 1.31 bits per heavy atom. The fourth-order valence-corrected chi connectivity index (χ4v) is 0.984. The van der Waals surface area contributed by atoms with E-state index in [1.165, 1.54) is 6.92 Å². The molecule has 0 fully saturated rings. The van der Waals surface area contributed by atoms with E-state index in [0.717, 1.165) is 11.3 Å². The highest BCUT2D eigenvalue weighted by Crippen LogP contribution is 2.08. The molecular weight excluding hydrogens is 162 g/mol. The Morgan fingerprint density at radius 3 is 2.38 bits per heavy atom. The van der Waals surface area contributed by atoms with Crippen LogP contribution in [0.15, 0.2) is 24.3 Å². The number of amides is 1. The standard InChI is InChI=1S/C11H11NO/c1-3-4-10-5-7-11(8-6-10)12-9(2)13/h5-8H,1-2H3,(H,12,13). The molecule has 0 radical (unpaired) electrons. The van der Waals surface area contributed by atoms with Crippen LogP contribution in [0.3, 0.4) is 0 Å². The summed E-state index contributed by atoms with van der Waals surface area (Å²) in [6.07, 6.45) is 0. The lowest BCUT2D eigenvalue weighted by atomic mass is 10.2. The molecule has 1 aromatic rings. The van der Waals surface area contributed by atoms with Gasteiger partial charge in [0.05, 0.1) is 0 Å². The van der Waals surface area contributed by atoms with Crippen molar-refractivity contribution in [2.24, 2.45) is 0 Å². The maximum absolute atomic E-state index is 10.7. The molecule has 0 atom stereocenters. The van der Waals surface area contributed by atoms with Crippen LogP contribution in [0.5, 0.6) is 0 Å². The van der Waals surface area contributed by atoms with Crippen molar-refractivity contribution in [3.63, 3.8) is 0 Å². The lowest BCUT2D eigenvalue weighted by Gasteiger charge is -2.00. The predicted molar refractivity (Wildman–Crippen MR) is 53.3 cm³/mol. The Hall–Kier alpha value is -1.75. The second kappa shape index (κ2) is 4.32. The summed E-state index contributed by atoms with van der Waals surface area (Å²) < 4.78 is 0. The van der Waals surface area contributed by atoms with Gasteiger partial charge in [-0.2, -0.15) is 0 Å². The molecule has 0 unspecified atom stereocenters. The van der Waals surface area contributed by atoms with Gasteiger partial charge < -0.3 is 5.32 Å². The number of rotatable bonds is 1. The van der Waals surface area contributed by atoms with Crippen LogP contribution in [0.25, 0.3) is 0 Å². The zero-order valence-corrected chi connectivity index (χ0v) is 7.72. The summed E-state index contributed by atoms with van der Waals surface area (Å²) in [6.45, 7) is 3.28. The average molecular weight is 173 g/mol. The number of carbonyl (C=O) groups excluding carboxylic acids is 1. The van der Waals surface area contributed by atoms with Gasteiger partial charge in [0.1, 0.15) is 0 Å². The molecule has 1 rings (SSSR count). The van der Waals surface area contributed by atoms with Gasteiger partial charge in [-0.1, -0.05) is 5.92 Å². The molecule has 0 aliphatic heterocycles. The molecule has 2 nitrogen and oxygen atoms in total. The van der Waals surface area contributed by atoms with Crippen molar-refractivity contribution in [1.82, 2.24) is 0 Å². The Bertz CT molecular complexity index is 354. The van der Waals surface area contributed by atoms with Crippen LogP contribution < -0.4 is 5.32 Å². The molecular formula is C11H11NO. The van der Waals surface area contributed by atoms with E-state index in [1.54, 1.807) is 6.92 Å². The van der Waals surface area contributed by atoms with Gasteiger partial charge in [0.25, 0.3) is 0 Å². The fourth-order valence-electron chi connectivity index (χ4n) is 0.984. The molecule has 13 heavy (non-hydrogen) atoms. The summed E-state index contributed by atoms with van der Waals surface area (Å²) in [5.74, 6) is 5.67. The van der Waals surface area contributed by atoms with Crippen LogP contribution in [0.2, 0.25) is 0 Å². The lowest BCUT2D eigenvalue weighted by molar-refractivity contribution is -0.114. The van der Waals surface area contributed by atoms with Crippen LogP contribution in [-0.4, -0.2) is 5.91 Å². The number of benzene rings is 1. The minimum Gasteiger partial charge on any atom is -0.326 e. The van der Waals surface area contributed by atoms with E-state index in [-0.39, 0.29) is 5.91 Å². The number of anilines is 1. The molecule has 0 spiro atoms. The van der Waals surface area contributed by atoms with Crippen LogP contribution in [0, 0.1) is 11.8 Å².